The van der Waals surface area contributed by atoms with Crippen LogP contribution in [0.3, 0.4) is 0 Å². The lowest BCUT2D eigenvalue weighted by molar-refractivity contribution is -0.228. The highest BCUT2D eigenvalue weighted by Gasteiger charge is 2.62. The Labute approximate surface area is 241 Å². The van der Waals surface area contributed by atoms with Crippen LogP contribution in [0.1, 0.15) is 55.7 Å². The van der Waals surface area contributed by atoms with Crippen molar-refractivity contribution >= 4 is 25.6 Å². The maximum absolute atomic E-state index is 14.9. The van der Waals surface area contributed by atoms with Crippen LogP contribution in [-0.2, 0) is 41.3 Å². The molecule has 3 aliphatic rings. The van der Waals surface area contributed by atoms with Crippen LogP contribution in [0.25, 0.3) is 0 Å². The molecule has 230 valence electrons. The van der Waals surface area contributed by atoms with Gasteiger partial charge in [-0.15, -0.1) is 0 Å². The molecule has 4 atom stereocenters. The van der Waals surface area contributed by atoms with E-state index in [2.05, 4.69) is 5.32 Å². The summed E-state index contributed by atoms with van der Waals surface area (Å²) in [6.45, 7) is 0.419. The molecule has 0 aliphatic heterocycles. The Balaban J connectivity index is 1.51. The zero-order valence-corrected chi connectivity index (χ0v) is 24.7. The largest absolute Gasteiger partial charge is 0.426 e. The van der Waals surface area contributed by atoms with Crippen molar-refractivity contribution in [3.05, 3.63) is 65.0 Å². The summed E-state index contributed by atoms with van der Waals surface area (Å²) in [5.74, 6) is -2.52. The lowest BCUT2D eigenvalue weighted by Crippen LogP contribution is -2.51. The maximum Gasteiger partial charge on any atom is 0.426 e. The maximum atomic E-state index is 14.9. The number of amides is 1. The van der Waals surface area contributed by atoms with E-state index >= 15 is 0 Å². The summed E-state index contributed by atoms with van der Waals surface area (Å²) in [5.41, 5.74) is -3.79. The molecular weight excluding hydrogens is 601 g/mol. The molecule has 0 heterocycles. The number of nitrogens with one attached hydrogen (secondary N) is 1. The summed E-state index contributed by atoms with van der Waals surface area (Å²) in [7, 11) is -7.47. The molecule has 13 heteroatoms. The molecule has 2 aromatic carbocycles. The molecule has 0 bridgehead atoms. The second-order valence-electron chi connectivity index (χ2n) is 12.1. The van der Waals surface area contributed by atoms with Gasteiger partial charge in [0.1, 0.15) is 20.4 Å². The first-order chi connectivity index (χ1) is 19.4. The van der Waals surface area contributed by atoms with Crippen molar-refractivity contribution in [2.75, 3.05) is 12.0 Å². The van der Waals surface area contributed by atoms with Gasteiger partial charge in [-0.3, -0.25) is 4.79 Å². The normalized spacial score (nSPS) is 29.1. The molecule has 1 amide bonds. The van der Waals surface area contributed by atoms with Crippen LogP contribution < -0.4 is 5.32 Å². The number of carbonyl (C=O) groups is 1. The van der Waals surface area contributed by atoms with E-state index in [9.17, 15) is 43.6 Å². The number of hydrogen-bond acceptors (Lipinski definition) is 5. The van der Waals surface area contributed by atoms with Gasteiger partial charge in [0.25, 0.3) is 0 Å². The highest BCUT2D eigenvalue weighted by atomic mass is 32.2. The molecule has 6 nitrogen and oxygen atoms in total. The Morgan fingerprint density at radius 3 is 2.24 bits per heavy atom. The number of hydrogen-bond donors (Lipinski definition) is 1. The lowest BCUT2D eigenvalue weighted by atomic mass is 9.72. The second kappa shape index (κ2) is 10.3. The van der Waals surface area contributed by atoms with Crippen molar-refractivity contribution < 1.29 is 43.6 Å². The molecule has 2 fully saturated rings. The molecule has 1 unspecified atom stereocenters. The second-order valence-corrected chi connectivity index (χ2v) is 16.5. The number of aryl methyl sites for hydroxylation is 1. The van der Waals surface area contributed by atoms with Crippen LogP contribution in [0, 0.1) is 23.6 Å². The van der Waals surface area contributed by atoms with Crippen LogP contribution in [0.2, 0.25) is 0 Å². The van der Waals surface area contributed by atoms with Crippen molar-refractivity contribution in [1.82, 2.24) is 5.32 Å². The third-order valence-corrected chi connectivity index (χ3v) is 13.0. The van der Waals surface area contributed by atoms with Crippen LogP contribution in [0.15, 0.2) is 47.4 Å². The third kappa shape index (κ3) is 5.14. The Kier molecular flexibility index (Phi) is 7.56. The summed E-state index contributed by atoms with van der Waals surface area (Å²) in [5, 5.41) is 2.94. The van der Waals surface area contributed by atoms with Crippen molar-refractivity contribution in [2.45, 2.75) is 73.0 Å². The van der Waals surface area contributed by atoms with Crippen molar-refractivity contribution in [3.8, 4) is 0 Å². The number of sulfone groups is 2. The van der Waals surface area contributed by atoms with Gasteiger partial charge < -0.3 is 5.32 Å². The van der Waals surface area contributed by atoms with Crippen molar-refractivity contribution in [1.29, 1.82) is 0 Å². The van der Waals surface area contributed by atoms with Gasteiger partial charge in [0.15, 0.2) is 9.84 Å². The first-order valence-corrected chi connectivity index (χ1v) is 17.3. The van der Waals surface area contributed by atoms with Gasteiger partial charge in [0.05, 0.1) is 10.6 Å². The van der Waals surface area contributed by atoms with Gasteiger partial charge in [-0.1, -0.05) is 18.2 Å². The quantitative estimate of drug-likeness (QED) is 0.336. The number of halogens is 5. The van der Waals surface area contributed by atoms with E-state index in [1.807, 2.05) is 0 Å². The molecule has 5 rings (SSSR count). The van der Waals surface area contributed by atoms with Crippen molar-refractivity contribution in [2.24, 2.45) is 17.8 Å². The Morgan fingerprint density at radius 1 is 1.00 bits per heavy atom. The highest BCUT2D eigenvalue weighted by molar-refractivity contribution is 7.92. The summed E-state index contributed by atoms with van der Waals surface area (Å²) in [6, 6.07) is 7.30. The van der Waals surface area contributed by atoms with Crippen LogP contribution >= 0.6 is 0 Å². The number of fused-ring (bicyclic) bond motifs is 3. The van der Waals surface area contributed by atoms with E-state index in [4.69, 9.17) is 0 Å². The fourth-order valence-electron chi connectivity index (χ4n) is 7.17. The fourth-order valence-corrected chi connectivity index (χ4v) is 10.8. The lowest BCUT2D eigenvalue weighted by Gasteiger charge is -2.43. The molecule has 2 aromatic rings. The highest BCUT2D eigenvalue weighted by Crippen LogP contribution is 2.59. The minimum atomic E-state index is -5.19. The number of carbonyl (C=O) groups excluding carboxylic acids is 1. The number of benzene rings is 2. The topological polar surface area (TPSA) is 97.4 Å². The van der Waals surface area contributed by atoms with Gasteiger partial charge >= 0.3 is 6.18 Å². The van der Waals surface area contributed by atoms with E-state index in [0.29, 0.717) is 19.8 Å². The SMILES string of the molecule is CC(F)(c1ccc2c(c1)CC[C@H]1[C@H](C(=O)NC3CC(CS(C)(=O)=O)C3)CC[C@@]21S(=O)(=O)c1ccc(F)cc1)C(F)(F)F. The number of rotatable bonds is 7. The van der Waals surface area contributed by atoms with Gasteiger partial charge in [-0.25, -0.2) is 25.6 Å². The van der Waals surface area contributed by atoms with Gasteiger partial charge in [0.2, 0.25) is 11.6 Å². The van der Waals surface area contributed by atoms with E-state index < -0.39 is 59.5 Å². The zero-order chi connectivity index (χ0) is 30.9. The van der Waals surface area contributed by atoms with E-state index in [0.717, 1.165) is 42.7 Å². The number of alkyl halides is 4. The molecule has 1 N–H and O–H groups in total. The molecule has 0 radical (unpaired) electrons. The van der Waals surface area contributed by atoms with E-state index in [-0.39, 0.29) is 65.3 Å². The third-order valence-electron chi connectivity index (χ3n) is 9.33. The smallest absolute Gasteiger partial charge is 0.353 e. The van der Waals surface area contributed by atoms with Crippen LogP contribution in [0.5, 0.6) is 0 Å². The Morgan fingerprint density at radius 2 is 1.64 bits per heavy atom. The first kappa shape index (κ1) is 30.9. The molecular formula is C29H32F5NO5S2. The summed E-state index contributed by atoms with van der Waals surface area (Å²) in [4.78, 5) is 13.3. The zero-order valence-electron chi connectivity index (χ0n) is 23.0. The molecule has 0 saturated heterocycles. The minimum absolute atomic E-state index is 0.00462. The van der Waals surface area contributed by atoms with Gasteiger partial charge in [-0.2, -0.15) is 13.2 Å². The van der Waals surface area contributed by atoms with Crippen molar-refractivity contribution in [3.63, 3.8) is 0 Å². The van der Waals surface area contributed by atoms with Crippen LogP contribution in [0.4, 0.5) is 22.0 Å². The standard InChI is InChI=1S/C29H32F5NO5S2/c1-27(31,29(32,33)34)19-4-10-24-18(15-19)3-9-25-23(26(36)35-21-13-17(14-21)16-41(2,37)38)11-12-28(24,25)42(39,40)22-7-5-20(30)6-8-22/h4-8,10,15,17,21,23,25H,3,9,11-14,16H2,1-2H3,(H,35,36)/t17?,21?,23-,25+,27?,28-/m1/s1. The average Bonchev–Trinajstić information content (AvgIpc) is 3.28. The summed E-state index contributed by atoms with van der Waals surface area (Å²) >= 11 is 0. The summed E-state index contributed by atoms with van der Waals surface area (Å²) in [6.07, 6.45) is -2.58. The predicted octanol–water partition coefficient (Wildman–Crippen LogP) is 5.15. The molecule has 0 aromatic heterocycles. The average molecular weight is 634 g/mol. The van der Waals surface area contributed by atoms with Gasteiger partial charge in [-0.05, 0) is 98.2 Å². The van der Waals surface area contributed by atoms with E-state index in [1.165, 1.54) is 6.07 Å². The first-order valence-electron chi connectivity index (χ1n) is 13.7. The minimum Gasteiger partial charge on any atom is -0.353 e. The molecule has 3 aliphatic carbocycles. The van der Waals surface area contributed by atoms with Crippen LogP contribution in [-0.4, -0.2) is 47.0 Å². The molecule has 42 heavy (non-hydrogen) atoms. The Hall–Kier alpha value is -2.54. The predicted molar refractivity (Wildman–Crippen MR) is 145 cm³/mol. The monoisotopic (exact) mass is 633 g/mol. The molecule has 0 spiro atoms. The Bertz CT molecular complexity index is 1600. The molecule has 2 saturated carbocycles. The fraction of sp³-hybridized carbons (Fsp3) is 0.552. The summed E-state index contributed by atoms with van der Waals surface area (Å²) < 4.78 is 119. The van der Waals surface area contributed by atoms with Gasteiger partial charge in [0, 0.05) is 18.2 Å². The van der Waals surface area contributed by atoms with E-state index in [1.54, 1.807) is 0 Å².